The van der Waals surface area contributed by atoms with Gasteiger partial charge in [0.15, 0.2) is 0 Å². The maximum atomic E-state index is 12.7. The number of piperidine rings is 1. The first-order chi connectivity index (χ1) is 12.5. The molecule has 2 aliphatic heterocycles. The monoisotopic (exact) mass is 362 g/mol. The first-order valence-electron chi connectivity index (χ1n) is 9.60. The molecule has 2 aliphatic rings. The molecule has 2 saturated heterocycles. The quantitative estimate of drug-likeness (QED) is 0.776. The number of nitrogens with zero attached hydrogens (tertiary/aromatic N) is 4. The molecule has 0 spiro atoms. The standard InChI is InChI=1S/C18H30N6O2/c1-14(2)20-17(25)13-22-8-10-23(11-9-22)18(26)16-5-7-24(21-16)15-4-3-6-19-12-15/h5,7,14-15,19H,3-4,6,8-13H2,1-2H3,(H,20,25). The number of amides is 2. The van der Waals surface area contributed by atoms with Gasteiger partial charge in [0.05, 0.1) is 12.6 Å². The molecule has 3 rings (SSSR count). The van der Waals surface area contributed by atoms with Crippen LogP contribution in [0.5, 0.6) is 0 Å². The van der Waals surface area contributed by atoms with Crippen molar-refractivity contribution in [3.63, 3.8) is 0 Å². The average molecular weight is 362 g/mol. The molecule has 0 aliphatic carbocycles. The van der Waals surface area contributed by atoms with Gasteiger partial charge in [-0.3, -0.25) is 19.2 Å². The number of aromatic nitrogens is 2. The predicted octanol–water partition coefficient (Wildman–Crippen LogP) is 0.0900. The number of hydrogen-bond donors (Lipinski definition) is 2. The number of rotatable bonds is 5. The smallest absolute Gasteiger partial charge is 0.274 e. The van der Waals surface area contributed by atoms with Crippen molar-refractivity contribution in [2.24, 2.45) is 0 Å². The number of hydrogen-bond acceptors (Lipinski definition) is 5. The van der Waals surface area contributed by atoms with E-state index in [4.69, 9.17) is 0 Å². The Balaban J connectivity index is 1.49. The van der Waals surface area contributed by atoms with Crippen LogP contribution in [0.4, 0.5) is 0 Å². The lowest BCUT2D eigenvalue weighted by Crippen LogP contribution is -2.51. The normalized spacial score (nSPS) is 21.8. The van der Waals surface area contributed by atoms with Crippen LogP contribution in [0, 0.1) is 0 Å². The second-order valence-corrected chi connectivity index (χ2v) is 7.47. The van der Waals surface area contributed by atoms with Crippen molar-refractivity contribution in [2.75, 3.05) is 45.8 Å². The highest BCUT2D eigenvalue weighted by atomic mass is 16.2. The maximum absolute atomic E-state index is 12.7. The minimum Gasteiger partial charge on any atom is -0.353 e. The molecule has 1 unspecified atom stereocenters. The van der Waals surface area contributed by atoms with Gasteiger partial charge in [0, 0.05) is 45.0 Å². The first kappa shape index (κ1) is 18.8. The Hall–Kier alpha value is -1.93. The minimum atomic E-state index is -0.0150. The Kier molecular flexibility index (Phi) is 6.26. The summed E-state index contributed by atoms with van der Waals surface area (Å²) in [6.45, 7) is 8.96. The number of carbonyl (C=O) groups is 2. The molecule has 3 heterocycles. The molecule has 26 heavy (non-hydrogen) atoms. The van der Waals surface area contributed by atoms with Crippen molar-refractivity contribution >= 4 is 11.8 Å². The molecule has 8 heteroatoms. The highest BCUT2D eigenvalue weighted by Gasteiger charge is 2.25. The van der Waals surface area contributed by atoms with Crippen LogP contribution in [-0.4, -0.2) is 83.2 Å². The SMILES string of the molecule is CC(C)NC(=O)CN1CCN(C(=O)c2ccn(C3CCCNC3)n2)CC1. The van der Waals surface area contributed by atoms with Gasteiger partial charge in [-0.25, -0.2) is 0 Å². The van der Waals surface area contributed by atoms with Gasteiger partial charge in [0.25, 0.3) is 5.91 Å². The molecule has 0 radical (unpaired) electrons. The molecule has 0 saturated carbocycles. The van der Waals surface area contributed by atoms with Gasteiger partial charge in [-0.05, 0) is 39.3 Å². The maximum Gasteiger partial charge on any atom is 0.274 e. The van der Waals surface area contributed by atoms with Gasteiger partial charge < -0.3 is 15.5 Å². The average Bonchev–Trinajstić information content (AvgIpc) is 3.12. The van der Waals surface area contributed by atoms with Crippen molar-refractivity contribution in [3.8, 4) is 0 Å². The van der Waals surface area contributed by atoms with Crippen molar-refractivity contribution in [2.45, 2.75) is 38.8 Å². The third-order valence-corrected chi connectivity index (χ3v) is 4.95. The summed E-state index contributed by atoms with van der Waals surface area (Å²) in [7, 11) is 0. The molecule has 1 atom stereocenters. The van der Waals surface area contributed by atoms with Gasteiger partial charge >= 0.3 is 0 Å². The third kappa shape index (κ3) is 4.82. The highest BCUT2D eigenvalue weighted by molar-refractivity contribution is 5.92. The van der Waals surface area contributed by atoms with E-state index in [0.717, 1.165) is 25.9 Å². The molecular weight excluding hydrogens is 332 g/mol. The van der Waals surface area contributed by atoms with E-state index < -0.39 is 0 Å². The van der Waals surface area contributed by atoms with Crippen molar-refractivity contribution in [3.05, 3.63) is 18.0 Å². The Labute approximate surface area is 154 Å². The van der Waals surface area contributed by atoms with E-state index in [-0.39, 0.29) is 17.9 Å². The van der Waals surface area contributed by atoms with Crippen LogP contribution in [0.25, 0.3) is 0 Å². The summed E-state index contributed by atoms with van der Waals surface area (Å²) in [6.07, 6.45) is 4.15. The van der Waals surface area contributed by atoms with Gasteiger partial charge in [-0.1, -0.05) is 0 Å². The fraction of sp³-hybridized carbons (Fsp3) is 0.722. The Morgan fingerprint density at radius 2 is 2.08 bits per heavy atom. The molecule has 2 amide bonds. The molecule has 2 fully saturated rings. The van der Waals surface area contributed by atoms with E-state index in [1.165, 1.54) is 0 Å². The fourth-order valence-electron chi connectivity index (χ4n) is 3.56. The minimum absolute atomic E-state index is 0.0150. The van der Waals surface area contributed by atoms with E-state index in [1.54, 1.807) is 0 Å². The second-order valence-electron chi connectivity index (χ2n) is 7.47. The van der Waals surface area contributed by atoms with E-state index in [2.05, 4.69) is 20.6 Å². The summed E-state index contributed by atoms with van der Waals surface area (Å²) in [5.74, 6) is 0.0263. The molecule has 8 nitrogen and oxygen atoms in total. The van der Waals surface area contributed by atoms with Crippen LogP contribution in [0.2, 0.25) is 0 Å². The van der Waals surface area contributed by atoms with Crippen LogP contribution in [0.15, 0.2) is 12.3 Å². The lowest BCUT2D eigenvalue weighted by Gasteiger charge is -2.34. The zero-order valence-corrected chi connectivity index (χ0v) is 15.8. The van der Waals surface area contributed by atoms with Crippen molar-refractivity contribution < 1.29 is 9.59 Å². The summed E-state index contributed by atoms with van der Waals surface area (Å²) in [6, 6.07) is 2.31. The number of nitrogens with one attached hydrogen (secondary N) is 2. The predicted molar refractivity (Wildman–Crippen MR) is 99.0 cm³/mol. The van der Waals surface area contributed by atoms with Crippen LogP contribution in [0.3, 0.4) is 0 Å². The van der Waals surface area contributed by atoms with Crippen molar-refractivity contribution in [1.29, 1.82) is 0 Å². The molecule has 2 N–H and O–H groups in total. The lowest BCUT2D eigenvalue weighted by molar-refractivity contribution is -0.123. The van der Waals surface area contributed by atoms with E-state index in [1.807, 2.05) is 35.7 Å². The Morgan fingerprint density at radius 3 is 2.73 bits per heavy atom. The highest BCUT2D eigenvalue weighted by Crippen LogP contribution is 2.16. The summed E-state index contributed by atoms with van der Waals surface area (Å²) in [5.41, 5.74) is 0.515. The van der Waals surface area contributed by atoms with Gasteiger partial charge in [0.1, 0.15) is 5.69 Å². The summed E-state index contributed by atoms with van der Waals surface area (Å²) in [5, 5.41) is 10.8. The van der Waals surface area contributed by atoms with E-state index in [0.29, 0.717) is 44.5 Å². The summed E-state index contributed by atoms with van der Waals surface area (Å²) >= 11 is 0. The fourth-order valence-corrected chi connectivity index (χ4v) is 3.56. The largest absolute Gasteiger partial charge is 0.353 e. The van der Waals surface area contributed by atoms with Gasteiger partial charge in [-0.2, -0.15) is 5.10 Å². The Bertz CT molecular complexity index is 615. The van der Waals surface area contributed by atoms with E-state index in [9.17, 15) is 9.59 Å². The molecule has 0 aromatic carbocycles. The topological polar surface area (TPSA) is 82.5 Å². The molecule has 1 aromatic heterocycles. The van der Waals surface area contributed by atoms with Crippen LogP contribution in [0.1, 0.15) is 43.2 Å². The zero-order valence-electron chi connectivity index (χ0n) is 15.8. The zero-order chi connectivity index (χ0) is 18.5. The van der Waals surface area contributed by atoms with Crippen LogP contribution >= 0.6 is 0 Å². The number of carbonyl (C=O) groups excluding carboxylic acids is 2. The summed E-state index contributed by atoms with van der Waals surface area (Å²) < 4.78 is 1.92. The van der Waals surface area contributed by atoms with Crippen LogP contribution in [-0.2, 0) is 4.79 Å². The first-order valence-corrected chi connectivity index (χ1v) is 9.60. The molecular formula is C18H30N6O2. The third-order valence-electron chi connectivity index (χ3n) is 4.95. The van der Waals surface area contributed by atoms with Gasteiger partial charge in [0.2, 0.25) is 5.91 Å². The molecule has 1 aromatic rings. The van der Waals surface area contributed by atoms with Gasteiger partial charge in [-0.15, -0.1) is 0 Å². The number of piperazine rings is 1. The summed E-state index contributed by atoms with van der Waals surface area (Å²) in [4.78, 5) is 28.5. The molecule has 144 valence electrons. The molecule has 0 bridgehead atoms. The van der Waals surface area contributed by atoms with Crippen molar-refractivity contribution in [1.82, 2.24) is 30.2 Å². The van der Waals surface area contributed by atoms with Crippen LogP contribution < -0.4 is 10.6 Å². The second kappa shape index (κ2) is 8.64. The van der Waals surface area contributed by atoms with E-state index >= 15 is 0 Å². The lowest BCUT2D eigenvalue weighted by atomic mass is 10.1. The Morgan fingerprint density at radius 1 is 1.31 bits per heavy atom.